The van der Waals surface area contributed by atoms with Gasteiger partial charge in [0.05, 0.1) is 0 Å². The molecule has 2 aliphatic rings. The summed E-state index contributed by atoms with van der Waals surface area (Å²) in [4.78, 5) is 56.2. The zero-order valence-electron chi connectivity index (χ0n) is 23.4. The Labute approximate surface area is 241 Å². The second kappa shape index (κ2) is 15.3. The molecule has 2 saturated heterocycles. The van der Waals surface area contributed by atoms with E-state index in [0.29, 0.717) is 38.8 Å². The van der Waals surface area contributed by atoms with Gasteiger partial charge >= 0.3 is 0 Å². The average molecular weight is 564 g/mol. The third kappa shape index (κ3) is 8.61. The third-order valence-electron chi connectivity index (χ3n) is 7.82. The molecule has 4 amide bonds. The lowest BCUT2D eigenvalue weighted by Gasteiger charge is -2.32. The SMILES string of the molecule is O=C1N[C@@H](Cc2ccccc2)C(=O)N2CCC[C@H]2C(=O)N[C@@H](CCCCCCNO)C(=O)N[C@H]1Cc1ccccc1. The van der Waals surface area contributed by atoms with Crippen molar-refractivity contribution in [2.45, 2.75) is 82.0 Å². The van der Waals surface area contributed by atoms with Crippen molar-refractivity contribution in [3.8, 4) is 0 Å². The van der Waals surface area contributed by atoms with Crippen LogP contribution in [0, 0.1) is 0 Å². The van der Waals surface area contributed by atoms with Gasteiger partial charge in [-0.05, 0) is 36.8 Å². The van der Waals surface area contributed by atoms with Crippen LogP contribution in [0.4, 0.5) is 0 Å². The third-order valence-corrected chi connectivity index (χ3v) is 7.82. The highest BCUT2D eigenvalue weighted by molar-refractivity contribution is 5.98. The second-order valence-electron chi connectivity index (χ2n) is 10.9. The summed E-state index contributed by atoms with van der Waals surface area (Å²) in [5.41, 5.74) is 3.89. The van der Waals surface area contributed by atoms with Gasteiger partial charge in [-0.15, -0.1) is 0 Å². The molecule has 0 unspecified atom stereocenters. The van der Waals surface area contributed by atoms with E-state index in [4.69, 9.17) is 5.21 Å². The number of fused-ring (bicyclic) bond motifs is 1. The van der Waals surface area contributed by atoms with Crippen molar-refractivity contribution in [1.29, 1.82) is 0 Å². The van der Waals surface area contributed by atoms with Crippen LogP contribution < -0.4 is 21.4 Å². The molecule has 2 aliphatic heterocycles. The zero-order chi connectivity index (χ0) is 29.0. The molecule has 4 atom stereocenters. The van der Waals surface area contributed by atoms with Gasteiger partial charge in [0.15, 0.2) is 0 Å². The van der Waals surface area contributed by atoms with Crippen LogP contribution in [0.2, 0.25) is 0 Å². The number of nitrogens with one attached hydrogen (secondary N) is 4. The van der Waals surface area contributed by atoms with Gasteiger partial charge in [-0.1, -0.05) is 79.9 Å². The molecule has 2 fully saturated rings. The quantitative estimate of drug-likeness (QED) is 0.209. The normalized spacial score (nSPS) is 23.6. The number of carbonyl (C=O) groups is 4. The number of hydrogen-bond donors (Lipinski definition) is 5. The summed E-state index contributed by atoms with van der Waals surface area (Å²) in [5.74, 6) is -1.48. The zero-order valence-corrected chi connectivity index (χ0v) is 23.4. The van der Waals surface area contributed by atoms with E-state index in [9.17, 15) is 19.2 Å². The van der Waals surface area contributed by atoms with Crippen molar-refractivity contribution < 1.29 is 24.4 Å². The predicted octanol–water partition coefficient (Wildman–Crippen LogP) is 1.86. The highest BCUT2D eigenvalue weighted by Gasteiger charge is 2.40. The number of hydrogen-bond acceptors (Lipinski definition) is 6. The number of amides is 4. The smallest absolute Gasteiger partial charge is 0.246 e. The lowest BCUT2D eigenvalue weighted by Crippen LogP contribution is -2.61. The van der Waals surface area contributed by atoms with E-state index < -0.39 is 36.0 Å². The van der Waals surface area contributed by atoms with Crippen LogP contribution in [0.5, 0.6) is 0 Å². The van der Waals surface area contributed by atoms with E-state index in [2.05, 4.69) is 21.4 Å². The Hall–Kier alpha value is -3.76. The van der Waals surface area contributed by atoms with Crippen molar-refractivity contribution in [3.63, 3.8) is 0 Å². The molecule has 4 rings (SSSR count). The summed E-state index contributed by atoms with van der Waals surface area (Å²) in [5, 5.41) is 17.5. The van der Waals surface area contributed by atoms with Crippen molar-refractivity contribution in [1.82, 2.24) is 26.3 Å². The van der Waals surface area contributed by atoms with Crippen molar-refractivity contribution in [2.75, 3.05) is 13.1 Å². The topological polar surface area (TPSA) is 140 Å². The number of unbranched alkanes of at least 4 members (excludes halogenated alkanes) is 3. The van der Waals surface area contributed by atoms with Gasteiger partial charge in [-0.25, -0.2) is 5.48 Å². The Morgan fingerprint density at radius 2 is 1.27 bits per heavy atom. The molecule has 5 N–H and O–H groups in total. The minimum atomic E-state index is -0.931. The van der Waals surface area contributed by atoms with Crippen LogP contribution in [0.3, 0.4) is 0 Å². The van der Waals surface area contributed by atoms with E-state index in [0.717, 1.165) is 30.4 Å². The average Bonchev–Trinajstić information content (AvgIpc) is 3.48. The molecular weight excluding hydrogens is 522 g/mol. The number of nitrogens with zero attached hydrogens (tertiary/aromatic N) is 1. The highest BCUT2D eigenvalue weighted by Crippen LogP contribution is 2.21. The van der Waals surface area contributed by atoms with E-state index in [1.807, 2.05) is 60.7 Å². The van der Waals surface area contributed by atoms with Crippen molar-refractivity contribution in [3.05, 3.63) is 71.8 Å². The molecule has 2 heterocycles. The molecule has 0 aromatic heterocycles. The molecule has 0 aliphatic carbocycles. The Morgan fingerprint density at radius 3 is 1.93 bits per heavy atom. The second-order valence-corrected chi connectivity index (χ2v) is 10.9. The number of benzene rings is 2. The minimum absolute atomic E-state index is 0.242. The van der Waals surface area contributed by atoms with Crippen molar-refractivity contribution >= 4 is 23.6 Å². The van der Waals surface area contributed by atoms with Crippen LogP contribution in [-0.4, -0.2) is 71.0 Å². The van der Waals surface area contributed by atoms with E-state index in [1.54, 1.807) is 4.90 Å². The van der Waals surface area contributed by atoms with Gasteiger partial charge in [0.1, 0.15) is 24.2 Å². The Bertz CT molecular complexity index is 1160. The van der Waals surface area contributed by atoms with E-state index in [1.165, 1.54) is 0 Å². The fourth-order valence-corrected chi connectivity index (χ4v) is 5.60. The lowest BCUT2D eigenvalue weighted by atomic mass is 10.00. The summed E-state index contributed by atoms with van der Waals surface area (Å²) < 4.78 is 0. The van der Waals surface area contributed by atoms with Crippen molar-refractivity contribution in [2.24, 2.45) is 0 Å². The first-order valence-corrected chi connectivity index (χ1v) is 14.6. The van der Waals surface area contributed by atoms with E-state index in [-0.39, 0.29) is 24.7 Å². The number of carbonyl (C=O) groups excluding carboxylic acids is 4. The standard InChI is InChI=1S/C31H41N5O5/c37-28-24(16-9-1-2-10-18-32-41)33-30(39)27-17-11-19-36(27)31(40)26(21-23-14-7-4-8-15-23)35-29(38)25(34-28)20-22-12-5-3-6-13-22/h3-8,12-15,24-27,32,41H,1-2,9-11,16-21H2,(H,33,39)(H,34,37)(H,35,38)/t24-,25-,26-,27-/m0/s1. The van der Waals surface area contributed by atoms with Gasteiger partial charge in [0, 0.05) is 25.9 Å². The number of hydroxylamine groups is 1. The molecule has 41 heavy (non-hydrogen) atoms. The Balaban J connectivity index is 1.59. The maximum Gasteiger partial charge on any atom is 0.246 e. The molecular formula is C31H41N5O5. The summed E-state index contributed by atoms with van der Waals surface area (Å²) >= 11 is 0. The molecule has 0 bridgehead atoms. The predicted molar refractivity (Wildman–Crippen MR) is 154 cm³/mol. The van der Waals surface area contributed by atoms with Crippen LogP contribution in [0.15, 0.2) is 60.7 Å². The first-order valence-electron chi connectivity index (χ1n) is 14.6. The molecule has 220 valence electrons. The molecule has 2 aromatic rings. The maximum absolute atomic E-state index is 13.9. The Kier molecular flexibility index (Phi) is 11.3. The molecule has 10 nitrogen and oxygen atoms in total. The van der Waals surface area contributed by atoms with Gasteiger partial charge < -0.3 is 26.1 Å². The first kappa shape index (κ1) is 30.2. The fraction of sp³-hybridized carbons (Fsp3) is 0.484. The largest absolute Gasteiger partial charge is 0.343 e. The molecule has 2 aromatic carbocycles. The summed E-state index contributed by atoms with van der Waals surface area (Å²) in [6.07, 6.45) is 5.26. The van der Waals surface area contributed by atoms with Crippen LogP contribution in [0.25, 0.3) is 0 Å². The van der Waals surface area contributed by atoms with Gasteiger partial charge in [0.25, 0.3) is 0 Å². The molecule has 10 heteroatoms. The monoisotopic (exact) mass is 563 g/mol. The summed E-state index contributed by atoms with van der Waals surface area (Å²) in [6.45, 7) is 0.912. The highest BCUT2D eigenvalue weighted by atomic mass is 16.5. The number of rotatable bonds is 11. The van der Waals surface area contributed by atoms with Gasteiger partial charge in [-0.3, -0.25) is 19.2 Å². The van der Waals surface area contributed by atoms with Gasteiger partial charge in [0.2, 0.25) is 23.6 Å². The van der Waals surface area contributed by atoms with Crippen LogP contribution in [0.1, 0.15) is 56.1 Å². The summed E-state index contributed by atoms with van der Waals surface area (Å²) in [7, 11) is 0. The maximum atomic E-state index is 13.9. The fourth-order valence-electron chi connectivity index (χ4n) is 5.60. The van der Waals surface area contributed by atoms with E-state index >= 15 is 0 Å². The minimum Gasteiger partial charge on any atom is -0.343 e. The van der Waals surface area contributed by atoms with Crippen LogP contribution >= 0.6 is 0 Å². The first-order chi connectivity index (χ1) is 20.0. The molecule has 0 saturated carbocycles. The van der Waals surface area contributed by atoms with Gasteiger partial charge in [-0.2, -0.15) is 0 Å². The molecule has 0 spiro atoms. The lowest BCUT2D eigenvalue weighted by molar-refractivity contribution is -0.143. The van der Waals surface area contributed by atoms with Crippen LogP contribution in [-0.2, 0) is 32.0 Å². The Morgan fingerprint density at radius 1 is 0.707 bits per heavy atom. The summed E-state index contributed by atoms with van der Waals surface area (Å²) in [6, 6.07) is 15.5. The molecule has 0 radical (unpaired) electrons.